The van der Waals surface area contributed by atoms with E-state index >= 15 is 0 Å². The first-order valence-electron chi connectivity index (χ1n) is 6.75. The van der Waals surface area contributed by atoms with Crippen LogP contribution >= 0.6 is 0 Å². The normalized spacial score (nSPS) is 25.8. The summed E-state index contributed by atoms with van der Waals surface area (Å²) < 4.78 is 29.7. The molecular formula is C12H21NO4S. The van der Waals surface area contributed by atoms with E-state index in [1.165, 1.54) is 17.1 Å². The Morgan fingerprint density at radius 1 is 1.11 bits per heavy atom. The van der Waals surface area contributed by atoms with Crippen molar-refractivity contribution in [3.63, 3.8) is 0 Å². The highest BCUT2D eigenvalue weighted by molar-refractivity contribution is 7.89. The van der Waals surface area contributed by atoms with Gasteiger partial charge in [0, 0.05) is 6.54 Å². The van der Waals surface area contributed by atoms with Crippen LogP contribution < -0.4 is 0 Å². The molecule has 0 unspecified atom stereocenters. The summed E-state index contributed by atoms with van der Waals surface area (Å²) in [6, 6.07) is 0. The second kappa shape index (κ2) is 6.02. The highest BCUT2D eigenvalue weighted by Crippen LogP contribution is 2.20. The molecule has 104 valence electrons. The van der Waals surface area contributed by atoms with Crippen LogP contribution in [0.25, 0.3) is 0 Å². The topological polar surface area (TPSA) is 63.7 Å². The van der Waals surface area contributed by atoms with Gasteiger partial charge in [-0.1, -0.05) is 12.8 Å². The number of hydrogen-bond acceptors (Lipinski definition) is 4. The number of rotatable bonds is 3. The Bertz CT molecular complexity index is 385. The van der Waals surface area contributed by atoms with E-state index in [2.05, 4.69) is 0 Å². The van der Waals surface area contributed by atoms with E-state index in [0.29, 0.717) is 13.0 Å². The summed E-state index contributed by atoms with van der Waals surface area (Å²) >= 11 is 0. The van der Waals surface area contributed by atoms with Gasteiger partial charge in [0.2, 0.25) is 10.0 Å². The van der Waals surface area contributed by atoms with Gasteiger partial charge in [0.05, 0.1) is 5.75 Å². The molecule has 0 atom stereocenters. The minimum Gasteiger partial charge on any atom is -0.461 e. The van der Waals surface area contributed by atoms with Gasteiger partial charge < -0.3 is 4.74 Å². The van der Waals surface area contributed by atoms with Crippen LogP contribution in [-0.4, -0.2) is 43.6 Å². The molecule has 18 heavy (non-hydrogen) atoms. The molecule has 0 aromatic heterocycles. The Hall–Kier alpha value is -0.620. The fraction of sp³-hybridized carbons (Fsp3) is 0.917. The van der Waals surface area contributed by atoms with Crippen molar-refractivity contribution in [3.05, 3.63) is 0 Å². The van der Waals surface area contributed by atoms with Crippen LogP contribution in [-0.2, 0) is 19.6 Å². The summed E-state index contributed by atoms with van der Waals surface area (Å²) in [5.41, 5.74) is 0. The van der Waals surface area contributed by atoms with Crippen molar-refractivity contribution >= 4 is 16.0 Å². The maximum Gasteiger partial charge on any atom is 0.321 e. The molecule has 1 heterocycles. The van der Waals surface area contributed by atoms with E-state index in [-0.39, 0.29) is 18.4 Å². The Labute approximate surface area is 109 Å². The number of nitrogens with zero attached hydrogens (tertiary/aromatic N) is 1. The van der Waals surface area contributed by atoms with E-state index in [0.717, 1.165) is 25.7 Å². The lowest BCUT2D eigenvalue weighted by molar-refractivity contribution is -0.149. The lowest BCUT2D eigenvalue weighted by atomic mass is 10.1. The predicted octanol–water partition coefficient (Wildman–Crippen LogP) is 1.29. The predicted molar refractivity (Wildman–Crippen MR) is 67.6 cm³/mol. The minimum atomic E-state index is -3.20. The van der Waals surface area contributed by atoms with Gasteiger partial charge in [-0.2, -0.15) is 4.31 Å². The molecule has 0 bridgehead atoms. The minimum absolute atomic E-state index is 0.00897. The molecule has 0 spiro atoms. The Balaban J connectivity index is 1.81. The molecule has 5 nitrogen and oxygen atoms in total. The standard InChI is InChI=1S/C12H21NO4S/c14-12(10-13-8-5-9-18(13,15)16)17-11-6-3-1-2-4-7-11/h11H,1-10H2. The third-order valence-corrected chi connectivity index (χ3v) is 5.51. The molecule has 1 saturated carbocycles. The van der Waals surface area contributed by atoms with Gasteiger partial charge in [-0.3, -0.25) is 4.79 Å². The first kappa shape index (κ1) is 13.8. The quantitative estimate of drug-likeness (QED) is 0.575. The summed E-state index contributed by atoms with van der Waals surface area (Å²) in [4.78, 5) is 11.7. The molecule has 6 heteroatoms. The van der Waals surface area contributed by atoms with Crippen LogP contribution in [0.15, 0.2) is 0 Å². The number of ether oxygens (including phenoxy) is 1. The zero-order valence-electron chi connectivity index (χ0n) is 10.6. The van der Waals surface area contributed by atoms with Crippen LogP contribution in [0.5, 0.6) is 0 Å². The lowest BCUT2D eigenvalue weighted by Gasteiger charge is -2.18. The maximum atomic E-state index is 11.7. The van der Waals surface area contributed by atoms with Crippen molar-refractivity contribution < 1.29 is 17.9 Å². The number of carbonyl (C=O) groups is 1. The number of carbonyl (C=O) groups excluding carboxylic acids is 1. The van der Waals surface area contributed by atoms with E-state index in [4.69, 9.17) is 4.74 Å². The monoisotopic (exact) mass is 275 g/mol. The SMILES string of the molecule is O=C(CN1CCCS1(=O)=O)OC1CCCCCC1. The molecule has 2 rings (SSSR count). The van der Waals surface area contributed by atoms with E-state index < -0.39 is 16.0 Å². The Morgan fingerprint density at radius 2 is 1.78 bits per heavy atom. The summed E-state index contributed by atoms with van der Waals surface area (Å²) in [6.07, 6.45) is 7.03. The second-order valence-electron chi connectivity index (χ2n) is 5.11. The lowest BCUT2D eigenvalue weighted by Crippen LogP contribution is -2.34. The van der Waals surface area contributed by atoms with Gasteiger partial charge in [-0.05, 0) is 32.1 Å². The molecule has 2 aliphatic rings. The highest BCUT2D eigenvalue weighted by Gasteiger charge is 2.31. The largest absolute Gasteiger partial charge is 0.461 e. The van der Waals surface area contributed by atoms with Crippen molar-refractivity contribution in [3.8, 4) is 0 Å². The van der Waals surface area contributed by atoms with Gasteiger partial charge >= 0.3 is 5.97 Å². The summed E-state index contributed by atoms with van der Waals surface area (Å²) in [7, 11) is -3.20. The summed E-state index contributed by atoms with van der Waals surface area (Å²) in [6.45, 7) is 0.334. The van der Waals surface area contributed by atoms with Crippen LogP contribution in [0.1, 0.15) is 44.9 Å². The van der Waals surface area contributed by atoms with Crippen LogP contribution in [0, 0.1) is 0 Å². The molecule has 0 radical (unpaired) electrons. The van der Waals surface area contributed by atoms with Gasteiger partial charge in [0.1, 0.15) is 12.6 Å². The van der Waals surface area contributed by atoms with Crippen molar-refractivity contribution in [2.24, 2.45) is 0 Å². The van der Waals surface area contributed by atoms with Crippen molar-refractivity contribution in [1.29, 1.82) is 0 Å². The molecule has 1 aliphatic carbocycles. The number of hydrogen-bond donors (Lipinski definition) is 0. The third kappa shape index (κ3) is 3.68. The van der Waals surface area contributed by atoms with Crippen molar-refractivity contribution in [1.82, 2.24) is 4.31 Å². The average Bonchev–Trinajstić information content (AvgIpc) is 2.54. The molecule has 0 amide bonds. The zero-order valence-corrected chi connectivity index (χ0v) is 11.5. The summed E-state index contributed by atoms with van der Waals surface area (Å²) in [5, 5.41) is 0. The molecule has 0 aromatic rings. The number of sulfonamides is 1. The molecule has 0 aromatic carbocycles. The molecule has 1 aliphatic heterocycles. The fourth-order valence-electron chi connectivity index (χ4n) is 2.60. The van der Waals surface area contributed by atoms with Crippen LogP contribution in [0.4, 0.5) is 0 Å². The second-order valence-corrected chi connectivity index (χ2v) is 7.20. The van der Waals surface area contributed by atoms with Crippen molar-refractivity contribution in [2.75, 3.05) is 18.8 Å². The smallest absolute Gasteiger partial charge is 0.321 e. The zero-order chi connectivity index (χ0) is 13.0. The van der Waals surface area contributed by atoms with Crippen LogP contribution in [0.2, 0.25) is 0 Å². The van der Waals surface area contributed by atoms with Crippen LogP contribution in [0.3, 0.4) is 0 Å². The molecule has 2 fully saturated rings. The van der Waals surface area contributed by atoms with Gasteiger partial charge in [-0.15, -0.1) is 0 Å². The average molecular weight is 275 g/mol. The number of esters is 1. The Morgan fingerprint density at radius 3 is 2.33 bits per heavy atom. The van der Waals surface area contributed by atoms with Crippen molar-refractivity contribution in [2.45, 2.75) is 51.0 Å². The molecule has 0 N–H and O–H groups in total. The summed E-state index contributed by atoms with van der Waals surface area (Å²) in [5.74, 6) is -0.239. The van der Waals surface area contributed by atoms with Gasteiger partial charge in [0.15, 0.2) is 0 Å². The Kier molecular flexibility index (Phi) is 4.61. The van der Waals surface area contributed by atoms with E-state index in [1.54, 1.807) is 0 Å². The van der Waals surface area contributed by atoms with Gasteiger partial charge in [0.25, 0.3) is 0 Å². The first-order valence-corrected chi connectivity index (χ1v) is 8.36. The molecule has 1 saturated heterocycles. The molecular weight excluding hydrogens is 254 g/mol. The van der Waals surface area contributed by atoms with E-state index in [1.807, 2.05) is 0 Å². The maximum absolute atomic E-state index is 11.7. The first-order chi connectivity index (χ1) is 8.58. The fourth-order valence-corrected chi connectivity index (χ4v) is 4.06. The third-order valence-electron chi connectivity index (χ3n) is 3.61. The van der Waals surface area contributed by atoms with Gasteiger partial charge in [-0.25, -0.2) is 8.42 Å². The van der Waals surface area contributed by atoms with E-state index in [9.17, 15) is 13.2 Å². The highest BCUT2D eigenvalue weighted by atomic mass is 32.2.